The lowest BCUT2D eigenvalue weighted by Crippen LogP contribution is -2.26. The average molecular weight is 259 g/mol. The second-order valence-corrected chi connectivity index (χ2v) is 4.48. The zero-order valence-corrected chi connectivity index (χ0v) is 11.3. The fraction of sp³-hybridized carbons (Fsp3) is 0.286. The summed E-state index contributed by atoms with van der Waals surface area (Å²) in [5.74, 6) is 0.709. The van der Waals surface area contributed by atoms with Gasteiger partial charge in [-0.1, -0.05) is 0 Å². The van der Waals surface area contributed by atoms with Crippen LogP contribution in [0.2, 0.25) is 0 Å². The number of aryl methyl sites for hydroxylation is 2. The Balaban J connectivity index is 2.47. The lowest BCUT2D eigenvalue weighted by Gasteiger charge is -2.13. The molecular weight excluding hydrogens is 242 g/mol. The van der Waals surface area contributed by atoms with Crippen LogP contribution in [-0.2, 0) is 6.54 Å². The van der Waals surface area contributed by atoms with Crippen LogP contribution in [0.4, 0.5) is 5.69 Å². The molecule has 0 atom stereocenters. The smallest absolute Gasteiger partial charge is 0.348 e. The molecule has 1 aromatic carbocycles. The Morgan fingerprint density at radius 1 is 1.32 bits per heavy atom. The van der Waals surface area contributed by atoms with Gasteiger partial charge >= 0.3 is 5.69 Å². The fourth-order valence-corrected chi connectivity index (χ4v) is 2.06. The van der Waals surface area contributed by atoms with Crippen LogP contribution in [0.5, 0.6) is 5.75 Å². The highest BCUT2D eigenvalue weighted by molar-refractivity contribution is 5.48. The first kappa shape index (κ1) is 13.1. The number of hydrogen-bond donors (Lipinski definition) is 1. The van der Waals surface area contributed by atoms with E-state index in [1.807, 2.05) is 19.1 Å². The number of methoxy groups -OCH3 is 1. The normalized spacial score (nSPS) is 10.5. The summed E-state index contributed by atoms with van der Waals surface area (Å²) >= 11 is 0. The molecule has 100 valence electrons. The lowest BCUT2D eigenvalue weighted by molar-refractivity contribution is 0.408. The first-order valence-corrected chi connectivity index (χ1v) is 5.98. The highest BCUT2D eigenvalue weighted by Crippen LogP contribution is 2.22. The van der Waals surface area contributed by atoms with Crippen LogP contribution in [0.15, 0.2) is 29.1 Å². The number of hydrogen-bond acceptors (Lipinski definition) is 4. The molecule has 0 aliphatic heterocycles. The van der Waals surface area contributed by atoms with Crippen LogP contribution in [0.25, 0.3) is 0 Å². The third-order valence-corrected chi connectivity index (χ3v) is 2.98. The van der Waals surface area contributed by atoms with Crippen molar-refractivity contribution in [2.24, 2.45) is 0 Å². The molecule has 0 radical (unpaired) electrons. The minimum absolute atomic E-state index is 0.262. The van der Waals surface area contributed by atoms with E-state index in [-0.39, 0.29) is 5.69 Å². The maximum atomic E-state index is 11.9. The summed E-state index contributed by atoms with van der Waals surface area (Å²) in [4.78, 5) is 15.9. The van der Waals surface area contributed by atoms with Gasteiger partial charge in [0.05, 0.1) is 13.7 Å². The molecule has 0 aliphatic rings. The van der Waals surface area contributed by atoms with Crippen molar-refractivity contribution in [2.75, 3.05) is 12.8 Å². The summed E-state index contributed by atoms with van der Waals surface area (Å²) in [6.07, 6.45) is 0. The van der Waals surface area contributed by atoms with Crippen molar-refractivity contribution in [1.29, 1.82) is 0 Å². The van der Waals surface area contributed by atoms with Crippen molar-refractivity contribution in [1.82, 2.24) is 9.55 Å². The number of nitrogens with zero attached hydrogens (tertiary/aromatic N) is 2. The van der Waals surface area contributed by atoms with Crippen LogP contribution in [0.1, 0.15) is 17.0 Å². The van der Waals surface area contributed by atoms with Crippen molar-refractivity contribution in [3.63, 3.8) is 0 Å². The van der Waals surface area contributed by atoms with Crippen LogP contribution < -0.4 is 16.2 Å². The monoisotopic (exact) mass is 259 g/mol. The van der Waals surface area contributed by atoms with Crippen molar-refractivity contribution in [3.8, 4) is 5.75 Å². The van der Waals surface area contributed by atoms with E-state index < -0.39 is 0 Å². The Hall–Kier alpha value is -2.30. The molecule has 5 heteroatoms. The molecule has 19 heavy (non-hydrogen) atoms. The van der Waals surface area contributed by atoms with Gasteiger partial charge in [0, 0.05) is 22.6 Å². The van der Waals surface area contributed by atoms with Gasteiger partial charge in [-0.2, -0.15) is 4.98 Å². The molecule has 0 bridgehead atoms. The molecule has 1 heterocycles. The number of nitrogen functional groups attached to an aromatic ring is 1. The quantitative estimate of drug-likeness (QED) is 0.848. The van der Waals surface area contributed by atoms with Gasteiger partial charge in [0.15, 0.2) is 0 Å². The van der Waals surface area contributed by atoms with E-state index in [2.05, 4.69) is 4.98 Å². The minimum Gasteiger partial charge on any atom is -0.496 e. The first-order chi connectivity index (χ1) is 9.01. The van der Waals surface area contributed by atoms with E-state index in [9.17, 15) is 4.79 Å². The zero-order chi connectivity index (χ0) is 14.0. The average Bonchev–Trinajstić information content (AvgIpc) is 2.34. The second kappa shape index (κ2) is 5.14. The van der Waals surface area contributed by atoms with Crippen molar-refractivity contribution in [2.45, 2.75) is 20.4 Å². The van der Waals surface area contributed by atoms with E-state index in [1.54, 1.807) is 30.7 Å². The molecule has 0 unspecified atom stereocenters. The van der Waals surface area contributed by atoms with E-state index in [0.29, 0.717) is 18.0 Å². The summed E-state index contributed by atoms with van der Waals surface area (Å²) in [6.45, 7) is 4.08. The molecule has 2 rings (SSSR count). The van der Waals surface area contributed by atoms with Gasteiger partial charge in [-0.25, -0.2) is 4.79 Å². The molecule has 0 spiro atoms. The highest BCUT2D eigenvalue weighted by atomic mass is 16.5. The summed E-state index contributed by atoms with van der Waals surface area (Å²) < 4.78 is 6.89. The van der Waals surface area contributed by atoms with Gasteiger partial charge < -0.3 is 10.5 Å². The second-order valence-electron chi connectivity index (χ2n) is 4.48. The fourth-order valence-electron chi connectivity index (χ4n) is 2.06. The van der Waals surface area contributed by atoms with Gasteiger partial charge in [0.2, 0.25) is 0 Å². The van der Waals surface area contributed by atoms with E-state index >= 15 is 0 Å². The summed E-state index contributed by atoms with van der Waals surface area (Å²) in [5, 5.41) is 0. The topological polar surface area (TPSA) is 70.1 Å². The van der Waals surface area contributed by atoms with E-state index in [0.717, 1.165) is 17.0 Å². The van der Waals surface area contributed by atoms with Crippen molar-refractivity contribution < 1.29 is 4.74 Å². The maximum Gasteiger partial charge on any atom is 0.348 e. The Kier molecular flexibility index (Phi) is 3.55. The number of rotatable bonds is 3. The molecule has 0 saturated heterocycles. The van der Waals surface area contributed by atoms with Gasteiger partial charge in [0.1, 0.15) is 5.75 Å². The van der Waals surface area contributed by atoms with Crippen LogP contribution >= 0.6 is 0 Å². The number of nitrogens with two attached hydrogens (primary N) is 1. The molecule has 0 saturated carbocycles. The summed E-state index contributed by atoms with van der Waals surface area (Å²) in [7, 11) is 1.60. The third-order valence-electron chi connectivity index (χ3n) is 2.98. The van der Waals surface area contributed by atoms with Crippen LogP contribution in [-0.4, -0.2) is 16.7 Å². The Labute approximate surface area is 111 Å². The first-order valence-electron chi connectivity index (χ1n) is 5.98. The van der Waals surface area contributed by atoms with Crippen molar-refractivity contribution in [3.05, 3.63) is 51.7 Å². The lowest BCUT2D eigenvalue weighted by atomic mass is 10.1. The van der Waals surface area contributed by atoms with Gasteiger partial charge in [0.25, 0.3) is 0 Å². The van der Waals surface area contributed by atoms with Gasteiger partial charge in [-0.05, 0) is 38.1 Å². The predicted molar refractivity (Wildman–Crippen MR) is 74.5 cm³/mol. The Bertz CT molecular complexity index is 662. The third kappa shape index (κ3) is 2.76. The largest absolute Gasteiger partial charge is 0.496 e. The number of ether oxygens (including phenoxy) is 1. The standard InChI is InChI=1S/C14H17N3O2/c1-9-6-10(2)17(14(18)16-9)8-11-7-12(15)4-5-13(11)19-3/h4-7H,8,15H2,1-3H3. The Morgan fingerprint density at radius 2 is 2.05 bits per heavy atom. The molecule has 0 aliphatic carbocycles. The van der Waals surface area contributed by atoms with Gasteiger partial charge in [-0.15, -0.1) is 0 Å². The van der Waals surface area contributed by atoms with E-state index in [4.69, 9.17) is 10.5 Å². The molecule has 2 aromatic rings. The van der Waals surface area contributed by atoms with Gasteiger partial charge in [-0.3, -0.25) is 4.57 Å². The zero-order valence-electron chi connectivity index (χ0n) is 11.3. The summed E-state index contributed by atoms with van der Waals surface area (Å²) in [5.41, 5.74) is 8.60. The number of anilines is 1. The highest BCUT2D eigenvalue weighted by Gasteiger charge is 2.08. The Morgan fingerprint density at radius 3 is 2.68 bits per heavy atom. The molecule has 0 amide bonds. The molecule has 0 fully saturated rings. The van der Waals surface area contributed by atoms with Crippen molar-refractivity contribution >= 4 is 5.69 Å². The van der Waals surface area contributed by atoms with Crippen LogP contribution in [0, 0.1) is 13.8 Å². The molecule has 2 N–H and O–H groups in total. The predicted octanol–water partition coefficient (Wildman–Crippen LogP) is 1.50. The maximum absolute atomic E-state index is 11.9. The molecular formula is C14H17N3O2. The van der Waals surface area contributed by atoms with Crippen LogP contribution in [0.3, 0.4) is 0 Å². The van der Waals surface area contributed by atoms with E-state index in [1.165, 1.54) is 0 Å². The molecule has 5 nitrogen and oxygen atoms in total. The summed E-state index contributed by atoms with van der Waals surface area (Å²) in [6, 6.07) is 7.25. The number of benzene rings is 1. The SMILES string of the molecule is COc1ccc(N)cc1Cn1c(C)cc(C)nc1=O. The number of aromatic nitrogens is 2. The molecule has 1 aromatic heterocycles. The minimum atomic E-state index is -0.262.